The van der Waals surface area contributed by atoms with E-state index in [-0.39, 0.29) is 5.91 Å². The van der Waals surface area contributed by atoms with E-state index in [2.05, 4.69) is 5.32 Å². The Hall–Kier alpha value is -0.530. The molecule has 0 aromatic carbocycles. The Balaban J connectivity index is 2.07. The van der Waals surface area contributed by atoms with Crippen LogP contribution in [0.25, 0.3) is 0 Å². The number of nitrogens with one attached hydrogen (secondary N) is 1. The molecule has 3 fully saturated rings. The molecule has 1 aliphatic carbocycles. The maximum atomic E-state index is 10.6. The van der Waals surface area contributed by atoms with E-state index in [1.165, 1.54) is 12.8 Å². The number of carbonyl (C=O) groups excluding carboxylic acids is 1. The molecule has 3 rings (SSSR count). The second-order valence-electron chi connectivity index (χ2n) is 2.81. The Morgan fingerprint density at radius 2 is 2.25 bits per heavy atom. The van der Waals surface area contributed by atoms with Crippen LogP contribution in [0.15, 0.2) is 0 Å². The van der Waals surface area contributed by atoms with E-state index >= 15 is 0 Å². The van der Waals surface area contributed by atoms with Gasteiger partial charge < -0.3 is 5.32 Å². The number of hydrogen-bond donors (Lipinski definition) is 1. The van der Waals surface area contributed by atoms with E-state index in [0.29, 0.717) is 6.04 Å². The monoisotopic (exact) mass is 111 g/mol. The molecular weight excluding hydrogens is 102 g/mol. The van der Waals surface area contributed by atoms with Crippen LogP contribution in [0.1, 0.15) is 19.3 Å². The Labute approximate surface area is 48.3 Å². The molecule has 0 atom stereocenters. The summed E-state index contributed by atoms with van der Waals surface area (Å²) < 4.78 is 0. The van der Waals surface area contributed by atoms with Gasteiger partial charge in [-0.05, 0) is 18.8 Å². The summed E-state index contributed by atoms with van der Waals surface area (Å²) >= 11 is 0. The maximum Gasteiger partial charge on any atom is 0.220 e. The van der Waals surface area contributed by atoms with E-state index in [1.54, 1.807) is 0 Å². The number of amides is 1. The molecule has 1 saturated carbocycles. The van der Waals surface area contributed by atoms with Crippen LogP contribution < -0.4 is 5.32 Å². The van der Waals surface area contributed by atoms with Crippen molar-refractivity contribution in [2.45, 2.75) is 25.3 Å². The highest BCUT2D eigenvalue weighted by molar-refractivity contribution is 5.78. The van der Waals surface area contributed by atoms with E-state index in [1.807, 2.05) is 0 Å². The highest BCUT2D eigenvalue weighted by atomic mass is 16.1. The second kappa shape index (κ2) is 1.24. The van der Waals surface area contributed by atoms with Crippen molar-refractivity contribution in [1.29, 1.82) is 0 Å². The SMILES string of the molecule is O=C1CC2CC(C2)N1. The molecule has 2 heterocycles. The molecule has 1 amide bonds. The minimum absolute atomic E-state index is 0.262. The van der Waals surface area contributed by atoms with Crippen LogP contribution in [0, 0.1) is 5.92 Å². The molecule has 2 aliphatic heterocycles. The average molecular weight is 111 g/mol. The van der Waals surface area contributed by atoms with E-state index in [9.17, 15) is 4.79 Å². The third-order valence-electron chi connectivity index (χ3n) is 2.07. The van der Waals surface area contributed by atoms with Crippen molar-refractivity contribution < 1.29 is 4.79 Å². The van der Waals surface area contributed by atoms with Crippen molar-refractivity contribution in [2.24, 2.45) is 5.92 Å². The first kappa shape index (κ1) is 4.36. The van der Waals surface area contributed by atoms with E-state index in [0.717, 1.165) is 12.3 Å². The zero-order valence-electron chi connectivity index (χ0n) is 4.68. The first-order valence-corrected chi connectivity index (χ1v) is 3.14. The lowest BCUT2D eigenvalue weighted by atomic mass is 9.75. The van der Waals surface area contributed by atoms with Gasteiger partial charge in [0.25, 0.3) is 0 Å². The summed E-state index contributed by atoms with van der Waals surface area (Å²) in [5.41, 5.74) is 0. The molecule has 0 aromatic heterocycles. The molecule has 0 radical (unpaired) electrons. The number of fused-ring (bicyclic) bond motifs is 2. The summed E-state index contributed by atoms with van der Waals surface area (Å²) in [5, 5.41) is 2.91. The minimum Gasteiger partial charge on any atom is -0.353 e. The predicted octanol–water partition coefficient (Wildman–Crippen LogP) is 0.285. The lowest BCUT2D eigenvalue weighted by Gasteiger charge is -2.40. The Morgan fingerprint density at radius 1 is 1.50 bits per heavy atom. The molecule has 0 unspecified atom stereocenters. The largest absolute Gasteiger partial charge is 0.353 e. The van der Waals surface area contributed by atoms with Crippen molar-refractivity contribution in [3.63, 3.8) is 0 Å². The fourth-order valence-corrected chi connectivity index (χ4v) is 1.57. The molecule has 2 saturated heterocycles. The smallest absolute Gasteiger partial charge is 0.220 e. The normalized spacial score (nSPS) is 42.8. The van der Waals surface area contributed by atoms with Gasteiger partial charge in [0.05, 0.1) is 0 Å². The van der Waals surface area contributed by atoms with Gasteiger partial charge in [0.2, 0.25) is 5.91 Å². The summed E-state index contributed by atoms with van der Waals surface area (Å²) in [7, 11) is 0. The molecule has 0 spiro atoms. The van der Waals surface area contributed by atoms with Crippen LogP contribution in [-0.2, 0) is 4.79 Å². The first-order chi connectivity index (χ1) is 3.84. The summed E-state index contributed by atoms with van der Waals surface area (Å²) in [6, 6.07) is 0.557. The molecule has 0 aromatic rings. The van der Waals surface area contributed by atoms with Gasteiger partial charge in [0.1, 0.15) is 0 Å². The minimum atomic E-state index is 0.262. The van der Waals surface area contributed by atoms with Crippen molar-refractivity contribution in [3.05, 3.63) is 0 Å². The number of carbonyl (C=O) groups is 1. The van der Waals surface area contributed by atoms with Crippen molar-refractivity contribution in [1.82, 2.24) is 5.32 Å². The highest BCUT2D eigenvalue weighted by Crippen LogP contribution is 2.33. The molecule has 2 bridgehead atoms. The molecule has 1 N–H and O–H groups in total. The van der Waals surface area contributed by atoms with Gasteiger partial charge in [-0.15, -0.1) is 0 Å². The topological polar surface area (TPSA) is 29.1 Å². The fraction of sp³-hybridized carbons (Fsp3) is 0.833. The van der Waals surface area contributed by atoms with Gasteiger partial charge in [-0.1, -0.05) is 0 Å². The third kappa shape index (κ3) is 0.457. The van der Waals surface area contributed by atoms with Gasteiger partial charge in [0.15, 0.2) is 0 Å². The maximum absolute atomic E-state index is 10.6. The molecule has 2 heteroatoms. The fourth-order valence-electron chi connectivity index (χ4n) is 1.57. The lowest BCUT2D eigenvalue weighted by molar-refractivity contribution is -0.128. The second-order valence-corrected chi connectivity index (χ2v) is 2.81. The zero-order chi connectivity index (χ0) is 5.56. The Bertz CT molecular complexity index is 114. The Kier molecular flexibility index (Phi) is 0.678. The molecule has 2 nitrogen and oxygen atoms in total. The molecule has 8 heavy (non-hydrogen) atoms. The van der Waals surface area contributed by atoms with Crippen molar-refractivity contribution in [3.8, 4) is 0 Å². The summed E-state index contributed by atoms with van der Waals surface area (Å²) in [4.78, 5) is 10.6. The van der Waals surface area contributed by atoms with Gasteiger partial charge in [-0.3, -0.25) is 4.79 Å². The third-order valence-corrected chi connectivity index (χ3v) is 2.07. The van der Waals surface area contributed by atoms with Crippen molar-refractivity contribution >= 4 is 5.91 Å². The lowest BCUT2D eigenvalue weighted by Crippen LogP contribution is -2.51. The number of rotatable bonds is 0. The van der Waals surface area contributed by atoms with Crippen LogP contribution in [-0.4, -0.2) is 11.9 Å². The quantitative estimate of drug-likeness (QED) is 0.478. The van der Waals surface area contributed by atoms with Gasteiger partial charge >= 0.3 is 0 Å². The summed E-state index contributed by atoms with van der Waals surface area (Å²) in [6.45, 7) is 0. The van der Waals surface area contributed by atoms with Crippen LogP contribution in [0.5, 0.6) is 0 Å². The predicted molar refractivity (Wildman–Crippen MR) is 29.3 cm³/mol. The number of piperidine rings is 2. The molecule has 44 valence electrons. The van der Waals surface area contributed by atoms with Gasteiger partial charge in [-0.2, -0.15) is 0 Å². The average Bonchev–Trinajstić information content (AvgIpc) is 1.62. The van der Waals surface area contributed by atoms with E-state index < -0.39 is 0 Å². The van der Waals surface area contributed by atoms with Crippen LogP contribution >= 0.6 is 0 Å². The van der Waals surface area contributed by atoms with Crippen LogP contribution in [0.4, 0.5) is 0 Å². The molecule has 3 aliphatic rings. The zero-order valence-corrected chi connectivity index (χ0v) is 4.68. The molecular formula is C6H9NO. The van der Waals surface area contributed by atoms with Gasteiger partial charge in [-0.25, -0.2) is 0 Å². The van der Waals surface area contributed by atoms with Crippen LogP contribution in [0.2, 0.25) is 0 Å². The summed E-state index contributed by atoms with van der Waals surface area (Å²) in [6.07, 6.45) is 3.27. The van der Waals surface area contributed by atoms with Crippen LogP contribution in [0.3, 0.4) is 0 Å². The Morgan fingerprint density at radius 3 is 2.50 bits per heavy atom. The highest BCUT2D eigenvalue weighted by Gasteiger charge is 2.36. The standard InChI is InChI=1S/C6H9NO/c8-6-3-4-1-5(2-4)7-6/h4-5H,1-3H2,(H,7,8). The van der Waals surface area contributed by atoms with E-state index in [4.69, 9.17) is 0 Å². The summed E-state index contributed by atoms with van der Waals surface area (Å²) in [5.74, 6) is 1.01. The van der Waals surface area contributed by atoms with Crippen molar-refractivity contribution in [2.75, 3.05) is 0 Å². The first-order valence-electron chi connectivity index (χ1n) is 3.14. The van der Waals surface area contributed by atoms with Gasteiger partial charge in [0, 0.05) is 12.5 Å². The number of hydrogen-bond acceptors (Lipinski definition) is 1.